The van der Waals surface area contributed by atoms with Crippen LogP contribution in [0.1, 0.15) is 62.7 Å². The van der Waals surface area contributed by atoms with Gasteiger partial charge >= 0.3 is 0 Å². The van der Waals surface area contributed by atoms with Gasteiger partial charge in [0.2, 0.25) is 0 Å². The lowest BCUT2D eigenvalue weighted by Gasteiger charge is -2.36. The predicted molar refractivity (Wildman–Crippen MR) is 129 cm³/mol. The molecule has 1 saturated heterocycles. The number of piperidine rings is 1. The Morgan fingerprint density at radius 1 is 1.22 bits per heavy atom. The Kier molecular flexibility index (Phi) is 10.4. The topological polar surface area (TPSA) is 39.7 Å². The van der Waals surface area contributed by atoms with Crippen LogP contribution >= 0.6 is 35.3 Å². The van der Waals surface area contributed by atoms with Crippen molar-refractivity contribution >= 4 is 41.3 Å². The largest absolute Gasteiger partial charge is 0.356 e. The third-order valence-electron chi connectivity index (χ3n) is 6.00. The fourth-order valence-corrected chi connectivity index (χ4v) is 5.09. The molecule has 1 aliphatic heterocycles. The zero-order chi connectivity index (χ0) is 18.2. The summed E-state index contributed by atoms with van der Waals surface area (Å²) in [6, 6.07) is 4.90. The van der Waals surface area contributed by atoms with E-state index in [2.05, 4.69) is 45.0 Å². The van der Waals surface area contributed by atoms with Crippen molar-refractivity contribution in [1.29, 1.82) is 0 Å². The van der Waals surface area contributed by atoms with Gasteiger partial charge in [0.1, 0.15) is 0 Å². The average molecular weight is 505 g/mol. The Labute approximate surface area is 186 Å². The predicted octanol–water partition coefficient (Wildman–Crippen LogP) is 4.68. The van der Waals surface area contributed by atoms with E-state index in [9.17, 15) is 0 Å². The molecule has 154 valence electrons. The number of aliphatic imine (C=N–C) groups is 1. The van der Waals surface area contributed by atoms with Crippen molar-refractivity contribution in [3.05, 3.63) is 22.4 Å². The van der Waals surface area contributed by atoms with E-state index in [1.54, 1.807) is 0 Å². The molecular formula is C21H37IN4S. The number of guanidine groups is 1. The van der Waals surface area contributed by atoms with E-state index in [-0.39, 0.29) is 24.0 Å². The van der Waals surface area contributed by atoms with E-state index < -0.39 is 0 Å². The number of thiophene rings is 1. The van der Waals surface area contributed by atoms with Crippen LogP contribution in [-0.2, 0) is 0 Å². The lowest BCUT2D eigenvalue weighted by molar-refractivity contribution is 0.160. The van der Waals surface area contributed by atoms with Crippen molar-refractivity contribution in [3.8, 4) is 0 Å². The van der Waals surface area contributed by atoms with Gasteiger partial charge < -0.3 is 15.5 Å². The van der Waals surface area contributed by atoms with Gasteiger partial charge in [-0.3, -0.25) is 4.99 Å². The average Bonchev–Trinajstić information content (AvgIpc) is 3.22. The van der Waals surface area contributed by atoms with E-state index >= 15 is 0 Å². The molecule has 0 spiro atoms. The molecule has 2 heterocycles. The minimum Gasteiger partial charge on any atom is -0.356 e. The summed E-state index contributed by atoms with van der Waals surface area (Å²) < 4.78 is 0. The van der Waals surface area contributed by atoms with Crippen LogP contribution in [0.5, 0.6) is 0 Å². The van der Waals surface area contributed by atoms with Crippen molar-refractivity contribution in [3.63, 3.8) is 0 Å². The van der Waals surface area contributed by atoms with Gasteiger partial charge in [0.25, 0.3) is 0 Å². The lowest BCUT2D eigenvalue weighted by atomic mass is 9.88. The van der Waals surface area contributed by atoms with Crippen molar-refractivity contribution in [2.45, 2.75) is 63.8 Å². The molecule has 1 aromatic heterocycles. The highest BCUT2D eigenvalue weighted by Gasteiger charge is 2.23. The number of nitrogens with zero attached hydrogens (tertiary/aromatic N) is 2. The van der Waals surface area contributed by atoms with Gasteiger partial charge in [0, 0.05) is 50.1 Å². The van der Waals surface area contributed by atoms with Gasteiger partial charge in [-0.05, 0) is 43.0 Å². The van der Waals surface area contributed by atoms with Crippen LogP contribution in [0.25, 0.3) is 0 Å². The third kappa shape index (κ3) is 7.54. The van der Waals surface area contributed by atoms with Crippen molar-refractivity contribution in [1.82, 2.24) is 15.5 Å². The molecule has 0 aromatic carbocycles. The second kappa shape index (κ2) is 12.3. The summed E-state index contributed by atoms with van der Waals surface area (Å²) in [4.78, 5) is 8.56. The quantitative estimate of drug-likeness (QED) is 0.336. The van der Waals surface area contributed by atoms with Crippen LogP contribution in [-0.4, -0.2) is 50.1 Å². The monoisotopic (exact) mass is 504 g/mol. The Bertz CT molecular complexity index is 534. The second-order valence-corrected chi connectivity index (χ2v) is 9.07. The molecule has 1 aromatic rings. The van der Waals surface area contributed by atoms with Gasteiger partial charge in [-0.25, -0.2) is 0 Å². The zero-order valence-electron chi connectivity index (χ0n) is 17.0. The van der Waals surface area contributed by atoms with Gasteiger partial charge in [0.15, 0.2) is 5.96 Å². The van der Waals surface area contributed by atoms with Crippen molar-refractivity contribution in [2.75, 3.05) is 33.2 Å². The maximum atomic E-state index is 4.43. The van der Waals surface area contributed by atoms with Crippen LogP contribution in [0.3, 0.4) is 0 Å². The SMILES string of the molecule is CN=C(NCC(C)c1cccs1)NC1CCN(CC2CCCCC2)CC1.I. The zero-order valence-corrected chi connectivity index (χ0v) is 20.1. The number of hydrogen-bond donors (Lipinski definition) is 2. The number of likely N-dealkylation sites (tertiary alicyclic amines) is 1. The molecule has 0 radical (unpaired) electrons. The summed E-state index contributed by atoms with van der Waals surface area (Å²) in [5.74, 6) is 2.44. The van der Waals surface area contributed by atoms with Gasteiger partial charge in [-0.2, -0.15) is 0 Å². The minimum atomic E-state index is 0. The third-order valence-corrected chi connectivity index (χ3v) is 7.10. The van der Waals surface area contributed by atoms with E-state index in [0.29, 0.717) is 12.0 Å². The molecule has 6 heteroatoms. The maximum Gasteiger partial charge on any atom is 0.191 e. The first kappa shape index (κ1) is 22.9. The fraction of sp³-hybridized carbons (Fsp3) is 0.762. The number of nitrogens with one attached hydrogen (secondary N) is 2. The normalized spacial score (nSPS) is 21.5. The molecule has 2 aliphatic rings. The molecular weight excluding hydrogens is 467 g/mol. The van der Waals surface area contributed by atoms with Crippen LogP contribution in [0.15, 0.2) is 22.5 Å². The molecule has 1 atom stereocenters. The highest BCUT2D eigenvalue weighted by atomic mass is 127. The van der Waals surface area contributed by atoms with Gasteiger partial charge in [-0.15, -0.1) is 35.3 Å². The van der Waals surface area contributed by atoms with E-state index in [1.165, 1.54) is 69.5 Å². The fourth-order valence-electron chi connectivity index (χ4n) is 4.30. The van der Waals surface area contributed by atoms with Gasteiger partial charge in [0.05, 0.1) is 0 Å². The van der Waals surface area contributed by atoms with Crippen LogP contribution in [0.4, 0.5) is 0 Å². The maximum absolute atomic E-state index is 4.43. The summed E-state index contributed by atoms with van der Waals surface area (Å²) >= 11 is 1.83. The van der Waals surface area contributed by atoms with Crippen molar-refractivity contribution < 1.29 is 0 Å². The summed E-state index contributed by atoms with van der Waals surface area (Å²) in [5, 5.41) is 9.31. The summed E-state index contributed by atoms with van der Waals surface area (Å²) in [6.45, 7) is 7.00. The van der Waals surface area contributed by atoms with Crippen molar-refractivity contribution in [2.24, 2.45) is 10.9 Å². The lowest BCUT2D eigenvalue weighted by Crippen LogP contribution is -2.49. The van der Waals surface area contributed by atoms with Gasteiger partial charge in [-0.1, -0.05) is 32.3 Å². The molecule has 3 rings (SSSR count). The Balaban J connectivity index is 0.00000261. The molecule has 2 fully saturated rings. The first-order valence-electron chi connectivity index (χ1n) is 10.5. The molecule has 1 unspecified atom stereocenters. The second-order valence-electron chi connectivity index (χ2n) is 8.09. The van der Waals surface area contributed by atoms with E-state index in [1.807, 2.05) is 18.4 Å². The Hall–Kier alpha value is -0.340. The van der Waals surface area contributed by atoms with E-state index in [0.717, 1.165) is 18.4 Å². The standard InChI is InChI=1S/C21H36N4S.HI/c1-17(20-9-6-14-26-20)15-23-21(22-2)24-19-10-12-25(13-11-19)16-18-7-4-3-5-8-18;/h6,9,14,17-19H,3-5,7-8,10-13,15-16H2,1-2H3,(H2,22,23,24);1H. The van der Waals surface area contributed by atoms with Crippen LogP contribution < -0.4 is 10.6 Å². The number of rotatable bonds is 6. The highest BCUT2D eigenvalue weighted by Crippen LogP contribution is 2.25. The molecule has 1 aliphatic carbocycles. The summed E-state index contributed by atoms with van der Waals surface area (Å²) in [7, 11) is 1.88. The Morgan fingerprint density at radius 2 is 1.96 bits per heavy atom. The summed E-state index contributed by atoms with van der Waals surface area (Å²) in [6.07, 6.45) is 9.74. The first-order valence-corrected chi connectivity index (χ1v) is 11.4. The molecule has 2 N–H and O–H groups in total. The molecule has 0 bridgehead atoms. The van der Waals surface area contributed by atoms with Crippen LogP contribution in [0.2, 0.25) is 0 Å². The highest BCUT2D eigenvalue weighted by molar-refractivity contribution is 14.0. The van der Waals surface area contributed by atoms with Crippen LogP contribution in [0, 0.1) is 5.92 Å². The molecule has 1 saturated carbocycles. The molecule has 27 heavy (non-hydrogen) atoms. The molecule has 0 amide bonds. The number of hydrogen-bond acceptors (Lipinski definition) is 3. The van der Waals surface area contributed by atoms with E-state index in [4.69, 9.17) is 0 Å². The first-order chi connectivity index (χ1) is 12.7. The summed E-state index contributed by atoms with van der Waals surface area (Å²) in [5.41, 5.74) is 0. The minimum absolute atomic E-state index is 0. The Morgan fingerprint density at radius 3 is 2.59 bits per heavy atom. The molecule has 4 nitrogen and oxygen atoms in total. The smallest absolute Gasteiger partial charge is 0.191 e. The number of halogens is 1.